The first-order valence-corrected chi connectivity index (χ1v) is 9.36. The first-order chi connectivity index (χ1) is 9.22. The molecule has 0 amide bonds. The highest BCUT2D eigenvalue weighted by Crippen LogP contribution is 2.40. The van der Waals surface area contributed by atoms with Gasteiger partial charge in [-0.3, -0.25) is 0 Å². The van der Waals surface area contributed by atoms with Crippen molar-refractivity contribution in [2.45, 2.75) is 70.1 Å². The van der Waals surface area contributed by atoms with Crippen LogP contribution in [0, 0.1) is 11.8 Å². The van der Waals surface area contributed by atoms with Crippen molar-refractivity contribution in [3.8, 4) is 0 Å². The average molecular weight is 283 g/mol. The van der Waals surface area contributed by atoms with E-state index in [0.717, 1.165) is 24.5 Å². The molecular formula is C16H29NOS. The van der Waals surface area contributed by atoms with Crippen LogP contribution in [0.3, 0.4) is 0 Å². The minimum atomic E-state index is 0.229. The van der Waals surface area contributed by atoms with Crippen molar-refractivity contribution < 1.29 is 4.74 Å². The second-order valence-corrected chi connectivity index (χ2v) is 8.01. The van der Waals surface area contributed by atoms with Gasteiger partial charge < -0.3 is 10.1 Å². The molecule has 1 N–H and O–H groups in total. The van der Waals surface area contributed by atoms with E-state index in [-0.39, 0.29) is 5.60 Å². The number of rotatable bonds is 3. The SMILES string of the molecule is CCC1CCC(NC2CCOC3(CCSC3)C2)C1C. The molecule has 3 heteroatoms. The summed E-state index contributed by atoms with van der Waals surface area (Å²) in [5, 5.41) is 3.99. The molecule has 2 aliphatic heterocycles. The summed E-state index contributed by atoms with van der Waals surface area (Å²) in [7, 11) is 0. The minimum Gasteiger partial charge on any atom is -0.374 e. The van der Waals surface area contributed by atoms with Crippen molar-refractivity contribution in [1.82, 2.24) is 5.32 Å². The Kier molecular flexibility index (Phi) is 4.45. The first-order valence-electron chi connectivity index (χ1n) is 8.20. The Morgan fingerprint density at radius 3 is 2.89 bits per heavy atom. The third-order valence-electron chi connectivity index (χ3n) is 5.76. The Morgan fingerprint density at radius 2 is 2.21 bits per heavy atom. The van der Waals surface area contributed by atoms with E-state index in [1.54, 1.807) is 0 Å². The molecule has 19 heavy (non-hydrogen) atoms. The summed E-state index contributed by atoms with van der Waals surface area (Å²) in [6.07, 6.45) is 7.91. The standard InChI is InChI=1S/C16H29NOS/c1-3-13-4-5-15(12(13)2)17-14-6-8-18-16(10-14)7-9-19-11-16/h12-15,17H,3-11H2,1-2H3. The van der Waals surface area contributed by atoms with Crippen molar-refractivity contribution in [2.24, 2.45) is 11.8 Å². The zero-order valence-electron chi connectivity index (χ0n) is 12.5. The summed E-state index contributed by atoms with van der Waals surface area (Å²) in [4.78, 5) is 0. The summed E-state index contributed by atoms with van der Waals surface area (Å²) in [6, 6.07) is 1.47. The summed E-state index contributed by atoms with van der Waals surface area (Å²) >= 11 is 2.08. The second kappa shape index (κ2) is 5.95. The van der Waals surface area contributed by atoms with E-state index in [1.807, 2.05) is 0 Å². The van der Waals surface area contributed by atoms with Crippen LogP contribution in [0.4, 0.5) is 0 Å². The van der Waals surface area contributed by atoms with Crippen LogP contribution in [0.5, 0.6) is 0 Å². The summed E-state index contributed by atoms with van der Waals surface area (Å²) < 4.78 is 6.13. The molecule has 0 aromatic heterocycles. The van der Waals surface area contributed by atoms with E-state index in [2.05, 4.69) is 30.9 Å². The van der Waals surface area contributed by atoms with Gasteiger partial charge in [0.25, 0.3) is 0 Å². The molecule has 0 radical (unpaired) electrons. The van der Waals surface area contributed by atoms with E-state index in [4.69, 9.17) is 4.74 Å². The van der Waals surface area contributed by atoms with Gasteiger partial charge in [0.1, 0.15) is 0 Å². The molecule has 0 bridgehead atoms. The number of nitrogens with one attached hydrogen (secondary N) is 1. The smallest absolute Gasteiger partial charge is 0.0795 e. The third kappa shape index (κ3) is 2.98. The van der Waals surface area contributed by atoms with Gasteiger partial charge in [0, 0.05) is 24.4 Å². The molecule has 5 unspecified atom stereocenters. The predicted octanol–water partition coefficient (Wildman–Crippen LogP) is 3.46. The van der Waals surface area contributed by atoms with Gasteiger partial charge >= 0.3 is 0 Å². The Balaban J connectivity index is 1.55. The zero-order valence-corrected chi connectivity index (χ0v) is 13.3. The Hall–Kier alpha value is 0.270. The first kappa shape index (κ1) is 14.2. The maximum atomic E-state index is 6.13. The lowest BCUT2D eigenvalue weighted by atomic mass is 9.88. The van der Waals surface area contributed by atoms with Crippen molar-refractivity contribution >= 4 is 11.8 Å². The van der Waals surface area contributed by atoms with E-state index >= 15 is 0 Å². The Labute approximate surface area is 122 Å². The Bertz CT molecular complexity index is 303. The molecule has 110 valence electrons. The highest BCUT2D eigenvalue weighted by Gasteiger charge is 2.42. The van der Waals surface area contributed by atoms with Gasteiger partial charge in [-0.25, -0.2) is 0 Å². The average Bonchev–Trinajstić information content (AvgIpc) is 2.99. The molecule has 0 aromatic carbocycles. The van der Waals surface area contributed by atoms with Crippen molar-refractivity contribution in [2.75, 3.05) is 18.1 Å². The lowest BCUT2D eigenvalue weighted by Crippen LogP contribution is -2.50. The van der Waals surface area contributed by atoms with Crippen LogP contribution in [-0.2, 0) is 4.74 Å². The largest absolute Gasteiger partial charge is 0.374 e. The van der Waals surface area contributed by atoms with Gasteiger partial charge in [-0.05, 0) is 49.7 Å². The number of ether oxygens (including phenoxy) is 1. The monoisotopic (exact) mass is 283 g/mol. The van der Waals surface area contributed by atoms with E-state index < -0.39 is 0 Å². The molecule has 0 aromatic rings. The molecule has 2 saturated heterocycles. The molecule has 2 nitrogen and oxygen atoms in total. The molecule has 2 heterocycles. The van der Waals surface area contributed by atoms with Gasteiger partial charge in [-0.15, -0.1) is 0 Å². The van der Waals surface area contributed by atoms with Crippen molar-refractivity contribution in [1.29, 1.82) is 0 Å². The zero-order chi connectivity index (χ0) is 13.3. The van der Waals surface area contributed by atoms with Gasteiger partial charge in [0.05, 0.1) is 5.60 Å². The van der Waals surface area contributed by atoms with E-state index in [0.29, 0.717) is 6.04 Å². The van der Waals surface area contributed by atoms with Crippen LogP contribution in [0.15, 0.2) is 0 Å². The maximum Gasteiger partial charge on any atom is 0.0795 e. The van der Waals surface area contributed by atoms with Gasteiger partial charge in [-0.2, -0.15) is 11.8 Å². The topological polar surface area (TPSA) is 21.3 Å². The highest BCUT2D eigenvalue weighted by atomic mass is 32.2. The molecule has 3 rings (SSSR count). The maximum absolute atomic E-state index is 6.13. The van der Waals surface area contributed by atoms with Crippen LogP contribution in [0.2, 0.25) is 0 Å². The fourth-order valence-electron chi connectivity index (χ4n) is 4.40. The normalized spacial score (nSPS) is 47.1. The number of thioether (sulfide) groups is 1. The molecule has 1 saturated carbocycles. The van der Waals surface area contributed by atoms with Gasteiger partial charge in [0.15, 0.2) is 0 Å². The molecular weight excluding hydrogens is 254 g/mol. The fourth-order valence-corrected chi connectivity index (χ4v) is 5.77. The molecule has 3 aliphatic rings. The third-order valence-corrected chi connectivity index (χ3v) is 6.98. The summed E-state index contributed by atoms with van der Waals surface area (Å²) in [5.74, 6) is 4.34. The van der Waals surface area contributed by atoms with E-state index in [1.165, 1.54) is 50.0 Å². The molecule has 1 aliphatic carbocycles. The minimum absolute atomic E-state index is 0.229. The quantitative estimate of drug-likeness (QED) is 0.857. The second-order valence-electron chi connectivity index (χ2n) is 6.90. The highest BCUT2D eigenvalue weighted by molar-refractivity contribution is 7.99. The number of hydrogen-bond acceptors (Lipinski definition) is 3. The molecule has 1 spiro atoms. The van der Waals surface area contributed by atoms with Crippen LogP contribution in [-0.4, -0.2) is 35.8 Å². The number of hydrogen-bond donors (Lipinski definition) is 1. The van der Waals surface area contributed by atoms with Crippen LogP contribution >= 0.6 is 11.8 Å². The van der Waals surface area contributed by atoms with Gasteiger partial charge in [0.2, 0.25) is 0 Å². The predicted molar refractivity (Wildman–Crippen MR) is 82.7 cm³/mol. The lowest BCUT2D eigenvalue weighted by molar-refractivity contribution is -0.0718. The summed E-state index contributed by atoms with van der Waals surface area (Å²) in [5.41, 5.74) is 0.229. The Morgan fingerprint density at radius 1 is 1.32 bits per heavy atom. The lowest BCUT2D eigenvalue weighted by Gasteiger charge is -2.39. The molecule has 3 fully saturated rings. The molecule has 5 atom stereocenters. The van der Waals surface area contributed by atoms with Crippen LogP contribution < -0.4 is 5.32 Å². The van der Waals surface area contributed by atoms with E-state index in [9.17, 15) is 0 Å². The van der Waals surface area contributed by atoms with Crippen LogP contribution in [0.25, 0.3) is 0 Å². The van der Waals surface area contributed by atoms with Crippen molar-refractivity contribution in [3.05, 3.63) is 0 Å². The van der Waals surface area contributed by atoms with Crippen molar-refractivity contribution in [3.63, 3.8) is 0 Å². The fraction of sp³-hybridized carbons (Fsp3) is 1.00. The summed E-state index contributed by atoms with van der Waals surface area (Å²) in [6.45, 7) is 5.78. The van der Waals surface area contributed by atoms with Gasteiger partial charge in [-0.1, -0.05) is 20.3 Å². The van der Waals surface area contributed by atoms with Crippen LogP contribution in [0.1, 0.15) is 52.4 Å².